The summed E-state index contributed by atoms with van der Waals surface area (Å²) >= 11 is 0. The maximum absolute atomic E-state index is 15.0. The second-order valence-corrected chi connectivity index (χ2v) is 7.53. The van der Waals surface area contributed by atoms with Crippen LogP contribution in [0.2, 0.25) is 0 Å². The lowest BCUT2D eigenvalue weighted by Crippen LogP contribution is -2.54. The molecule has 0 radical (unpaired) electrons. The molecule has 0 atom stereocenters. The number of nitrogens with zero attached hydrogens (tertiary/aromatic N) is 3. The highest BCUT2D eigenvalue weighted by molar-refractivity contribution is 5.92. The zero-order chi connectivity index (χ0) is 21.3. The average Bonchev–Trinajstić information content (AvgIpc) is 3.11. The molecule has 5 rings (SSSR count). The number of rotatable bonds is 3. The molecular formula is C22H26F2N4O2. The Hall–Kier alpha value is -2.42. The lowest BCUT2D eigenvalue weighted by atomic mass is 9.84. The molecule has 2 N–H and O–H groups in total. The molecule has 3 aromatic rings. The van der Waals surface area contributed by atoms with E-state index in [1.54, 1.807) is 6.07 Å². The molecule has 3 aromatic heterocycles. The van der Waals surface area contributed by atoms with Gasteiger partial charge >= 0.3 is 0 Å². The first-order valence-corrected chi connectivity index (χ1v) is 10.4. The van der Waals surface area contributed by atoms with Crippen LogP contribution in [0.4, 0.5) is 8.78 Å². The van der Waals surface area contributed by atoms with E-state index >= 15 is 0 Å². The van der Waals surface area contributed by atoms with Gasteiger partial charge in [0.2, 0.25) is 0 Å². The summed E-state index contributed by atoms with van der Waals surface area (Å²) in [6.07, 6.45) is 4.99. The summed E-state index contributed by atoms with van der Waals surface area (Å²) in [6.45, 7) is 6.81. The predicted molar refractivity (Wildman–Crippen MR) is 110 cm³/mol. The monoisotopic (exact) mass is 416 g/mol. The molecule has 0 spiro atoms. The number of likely N-dealkylation sites (tertiary alicyclic amines) is 1. The highest BCUT2D eigenvalue weighted by atomic mass is 19.1. The van der Waals surface area contributed by atoms with Gasteiger partial charge in [-0.3, -0.25) is 9.88 Å². The smallest absolute Gasteiger partial charge is 0.150 e. The Bertz CT molecular complexity index is 1030. The molecule has 8 heteroatoms. The predicted octanol–water partition coefficient (Wildman–Crippen LogP) is 3.61. The molecule has 30 heavy (non-hydrogen) atoms. The molecule has 6 nitrogen and oxygen atoms in total. The SMILES string of the molecule is CC.OC1(c2cnc(-c3ccnc4[nH]cc(F)c34)cc2F)CCN(C2COC2)CC1. The van der Waals surface area contributed by atoms with E-state index < -0.39 is 17.2 Å². The van der Waals surface area contributed by atoms with Crippen molar-refractivity contribution in [1.29, 1.82) is 0 Å². The molecule has 2 saturated heterocycles. The van der Waals surface area contributed by atoms with Crippen molar-refractivity contribution in [3.63, 3.8) is 0 Å². The largest absolute Gasteiger partial charge is 0.385 e. The summed E-state index contributed by atoms with van der Waals surface area (Å²) in [5.74, 6) is -0.996. The van der Waals surface area contributed by atoms with Crippen molar-refractivity contribution in [1.82, 2.24) is 19.9 Å². The van der Waals surface area contributed by atoms with Gasteiger partial charge in [-0.1, -0.05) is 13.8 Å². The minimum atomic E-state index is -1.25. The maximum atomic E-state index is 15.0. The third-order valence-corrected chi connectivity index (χ3v) is 5.92. The van der Waals surface area contributed by atoms with E-state index in [-0.39, 0.29) is 10.9 Å². The number of aliphatic hydroxyl groups is 1. The van der Waals surface area contributed by atoms with Crippen molar-refractivity contribution in [2.24, 2.45) is 0 Å². The summed E-state index contributed by atoms with van der Waals surface area (Å²) in [6, 6.07) is 3.27. The fraction of sp³-hybridized carbons (Fsp3) is 0.455. The highest BCUT2D eigenvalue weighted by Crippen LogP contribution is 2.37. The Morgan fingerprint density at radius 3 is 2.53 bits per heavy atom. The Morgan fingerprint density at radius 2 is 1.90 bits per heavy atom. The highest BCUT2D eigenvalue weighted by Gasteiger charge is 2.39. The van der Waals surface area contributed by atoms with Crippen LogP contribution in [0.25, 0.3) is 22.3 Å². The second-order valence-electron chi connectivity index (χ2n) is 7.53. The van der Waals surface area contributed by atoms with Crippen molar-refractivity contribution in [3.05, 3.63) is 47.9 Å². The fourth-order valence-corrected chi connectivity index (χ4v) is 4.11. The van der Waals surface area contributed by atoms with Crippen LogP contribution >= 0.6 is 0 Å². The van der Waals surface area contributed by atoms with Crippen LogP contribution in [-0.2, 0) is 10.3 Å². The summed E-state index contributed by atoms with van der Waals surface area (Å²) in [7, 11) is 0. The van der Waals surface area contributed by atoms with E-state index in [0.717, 1.165) is 13.2 Å². The zero-order valence-corrected chi connectivity index (χ0v) is 17.2. The summed E-state index contributed by atoms with van der Waals surface area (Å²) in [5.41, 5.74) is 0.0949. The molecule has 2 fully saturated rings. The number of H-pyrrole nitrogens is 1. The number of aromatic nitrogens is 3. The normalized spacial score (nSPS) is 19.2. The van der Waals surface area contributed by atoms with Gasteiger partial charge in [-0.05, 0) is 18.9 Å². The van der Waals surface area contributed by atoms with Crippen LogP contribution in [0.3, 0.4) is 0 Å². The van der Waals surface area contributed by atoms with Crippen LogP contribution in [0.1, 0.15) is 32.3 Å². The quantitative estimate of drug-likeness (QED) is 0.682. The standard InChI is InChI=1S/C20H20F2N4O2.C2H6/c21-15-7-17(13-1-4-23-19-18(13)16(22)9-25-19)24-8-14(15)20(27)2-5-26(6-3-20)12-10-28-11-12;1-2/h1,4,7-9,12,27H,2-3,5-6,10-11H2,(H,23,25);1-2H3. The van der Waals surface area contributed by atoms with Crippen LogP contribution in [0.5, 0.6) is 0 Å². The van der Waals surface area contributed by atoms with Gasteiger partial charge in [0.1, 0.15) is 11.5 Å². The molecule has 2 aliphatic heterocycles. The Labute approximate surface area is 173 Å². The Morgan fingerprint density at radius 1 is 1.17 bits per heavy atom. The van der Waals surface area contributed by atoms with Crippen LogP contribution in [-0.4, -0.2) is 57.3 Å². The molecular weight excluding hydrogens is 390 g/mol. The lowest BCUT2D eigenvalue weighted by molar-refractivity contribution is -0.102. The average molecular weight is 416 g/mol. The van der Waals surface area contributed by atoms with E-state index in [9.17, 15) is 13.9 Å². The number of fused-ring (bicyclic) bond motifs is 1. The molecule has 0 unspecified atom stereocenters. The number of hydrogen-bond donors (Lipinski definition) is 2. The first-order valence-electron chi connectivity index (χ1n) is 10.4. The third kappa shape index (κ3) is 3.59. The minimum Gasteiger partial charge on any atom is -0.385 e. The lowest BCUT2D eigenvalue weighted by Gasteiger charge is -2.44. The second kappa shape index (κ2) is 8.37. The van der Waals surface area contributed by atoms with Crippen molar-refractivity contribution in [3.8, 4) is 11.3 Å². The molecule has 0 saturated carbocycles. The first-order chi connectivity index (χ1) is 14.5. The molecule has 2 aliphatic rings. The van der Waals surface area contributed by atoms with Crippen LogP contribution < -0.4 is 0 Å². The number of halogens is 2. The van der Waals surface area contributed by atoms with Crippen molar-refractivity contribution >= 4 is 11.0 Å². The van der Waals surface area contributed by atoms with Gasteiger partial charge in [-0.15, -0.1) is 0 Å². The van der Waals surface area contributed by atoms with Crippen molar-refractivity contribution in [2.75, 3.05) is 26.3 Å². The number of ether oxygens (including phenoxy) is 1. The van der Waals surface area contributed by atoms with Gasteiger partial charge in [0.05, 0.1) is 35.9 Å². The fourth-order valence-electron chi connectivity index (χ4n) is 4.11. The van der Waals surface area contributed by atoms with Crippen molar-refractivity contribution in [2.45, 2.75) is 38.3 Å². The molecule has 0 bridgehead atoms. The van der Waals surface area contributed by atoms with Gasteiger partial charge in [0.15, 0.2) is 5.82 Å². The molecule has 0 aliphatic carbocycles. The minimum absolute atomic E-state index is 0.195. The zero-order valence-electron chi connectivity index (χ0n) is 17.2. The number of nitrogens with one attached hydrogen (secondary N) is 1. The van der Waals surface area contributed by atoms with Gasteiger partial charge in [0, 0.05) is 48.9 Å². The summed E-state index contributed by atoms with van der Waals surface area (Å²) < 4.78 is 34.3. The van der Waals surface area contributed by atoms with E-state index in [2.05, 4.69) is 19.9 Å². The topological polar surface area (TPSA) is 74.3 Å². The number of piperidine rings is 1. The van der Waals surface area contributed by atoms with Crippen LogP contribution in [0.15, 0.2) is 30.7 Å². The molecule has 5 heterocycles. The maximum Gasteiger partial charge on any atom is 0.150 e. The van der Waals surface area contributed by atoms with Crippen molar-refractivity contribution < 1.29 is 18.6 Å². The Balaban J connectivity index is 0.00000106. The van der Waals surface area contributed by atoms with Crippen LogP contribution in [0, 0.1) is 11.6 Å². The van der Waals surface area contributed by atoms with Gasteiger partial charge in [0.25, 0.3) is 0 Å². The third-order valence-electron chi connectivity index (χ3n) is 5.92. The Kier molecular flexibility index (Phi) is 5.81. The van der Waals surface area contributed by atoms with E-state index in [0.29, 0.717) is 48.9 Å². The van der Waals surface area contributed by atoms with E-state index in [1.165, 1.54) is 24.7 Å². The number of aromatic amines is 1. The molecule has 160 valence electrons. The van der Waals surface area contributed by atoms with Gasteiger partial charge < -0.3 is 14.8 Å². The summed E-state index contributed by atoms with van der Waals surface area (Å²) in [5, 5.41) is 11.3. The molecule has 0 amide bonds. The number of hydrogen-bond acceptors (Lipinski definition) is 5. The van der Waals surface area contributed by atoms with E-state index in [1.807, 2.05) is 13.8 Å². The van der Waals surface area contributed by atoms with E-state index in [4.69, 9.17) is 4.74 Å². The summed E-state index contributed by atoms with van der Waals surface area (Å²) in [4.78, 5) is 13.4. The van der Waals surface area contributed by atoms with Gasteiger partial charge in [-0.25, -0.2) is 13.8 Å². The molecule has 0 aromatic carbocycles. The van der Waals surface area contributed by atoms with Gasteiger partial charge in [-0.2, -0.15) is 0 Å². The first kappa shape index (κ1) is 20.8. The number of pyridine rings is 2.